The highest BCUT2D eigenvalue weighted by Crippen LogP contribution is 2.26. The number of benzene rings is 4. The van der Waals surface area contributed by atoms with Crippen LogP contribution in [0.5, 0.6) is 0 Å². The van der Waals surface area contributed by atoms with Gasteiger partial charge in [0.2, 0.25) is 0 Å². The average molecular weight is 564 g/mol. The molecule has 5 nitrogen and oxygen atoms in total. The largest absolute Gasteiger partial charge is 0.490 e. The molecular formula is C33H32F3NO4. The fourth-order valence-electron chi connectivity index (χ4n) is 4.35. The summed E-state index contributed by atoms with van der Waals surface area (Å²) in [5.74, 6) is -3.66. The Labute approximate surface area is 237 Å². The van der Waals surface area contributed by atoms with Gasteiger partial charge in [0.1, 0.15) is 0 Å². The molecule has 0 radical (unpaired) electrons. The molecule has 0 saturated heterocycles. The van der Waals surface area contributed by atoms with Crippen LogP contribution in [0.4, 0.5) is 13.2 Å². The van der Waals surface area contributed by atoms with E-state index in [4.69, 9.17) is 9.90 Å². The monoisotopic (exact) mass is 563 g/mol. The van der Waals surface area contributed by atoms with E-state index in [0.29, 0.717) is 5.56 Å². The van der Waals surface area contributed by atoms with Crippen molar-refractivity contribution in [2.24, 2.45) is 0 Å². The summed E-state index contributed by atoms with van der Waals surface area (Å²) in [6.07, 6.45) is -1.93. The summed E-state index contributed by atoms with van der Waals surface area (Å²) >= 11 is 0. The van der Waals surface area contributed by atoms with Crippen LogP contribution in [0.1, 0.15) is 33.5 Å². The van der Waals surface area contributed by atoms with Gasteiger partial charge in [0.25, 0.3) is 0 Å². The molecule has 0 spiro atoms. The van der Waals surface area contributed by atoms with Crippen molar-refractivity contribution in [3.63, 3.8) is 0 Å². The second kappa shape index (κ2) is 15.4. The van der Waals surface area contributed by atoms with E-state index in [-0.39, 0.29) is 0 Å². The van der Waals surface area contributed by atoms with Gasteiger partial charge < -0.3 is 10.2 Å². The molecule has 0 fully saturated rings. The maximum absolute atomic E-state index is 11.5. The molecule has 0 amide bonds. The lowest BCUT2D eigenvalue weighted by atomic mass is 9.97. The summed E-state index contributed by atoms with van der Waals surface area (Å²) in [5.41, 5.74) is 6.30. The van der Waals surface area contributed by atoms with Crippen LogP contribution in [0.2, 0.25) is 0 Å². The average Bonchev–Trinajstić information content (AvgIpc) is 2.97. The van der Waals surface area contributed by atoms with Crippen molar-refractivity contribution in [2.75, 3.05) is 13.1 Å². The van der Waals surface area contributed by atoms with Crippen molar-refractivity contribution in [3.8, 4) is 11.1 Å². The first-order valence-corrected chi connectivity index (χ1v) is 13.2. The molecule has 0 aromatic heterocycles. The van der Waals surface area contributed by atoms with Gasteiger partial charge >= 0.3 is 18.1 Å². The van der Waals surface area contributed by atoms with Crippen molar-refractivity contribution < 1.29 is 33.0 Å². The Kier molecular flexibility index (Phi) is 11.7. The number of carboxylic acids is 2. The van der Waals surface area contributed by atoms with E-state index in [1.165, 1.54) is 16.7 Å². The molecule has 4 aromatic rings. The Morgan fingerprint density at radius 2 is 1.24 bits per heavy atom. The number of nitrogens with zero attached hydrogens (tertiary/aromatic N) is 1. The van der Waals surface area contributed by atoms with Crippen LogP contribution in [0.15, 0.2) is 109 Å². The summed E-state index contributed by atoms with van der Waals surface area (Å²) in [4.78, 5) is 22.9. The van der Waals surface area contributed by atoms with E-state index >= 15 is 0 Å². The van der Waals surface area contributed by atoms with E-state index in [1.54, 1.807) is 12.1 Å². The molecule has 0 bridgehead atoms. The summed E-state index contributed by atoms with van der Waals surface area (Å²) in [7, 11) is 0. The second-order valence-corrected chi connectivity index (χ2v) is 9.45. The molecule has 8 heteroatoms. The standard InChI is InChI=1S/C31H31NO2.C2HF3O2/c33-31(34)28-18-9-17-27(23-28)30-19-8-7-16-29(30)24-32(22-20-26-13-5-2-6-14-26)21-10-15-25-11-3-1-4-12-25;3-2(4,5)1(6)7/h1-9,11-14,16-19,23H,10,15,20-22,24H2,(H,33,34);(H,6,7). The molecule has 0 heterocycles. The van der Waals surface area contributed by atoms with Gasteiger partial charge in [0.15, 0.2) is 0 Å². The summed E-state index contributed by atoms with van der Waals surface area (Å²) < 4.78 is 31.7. The predicted molar refractivity (Wildman–Crippen MR) is 153 cm³/mol. The van der Waals surface area contributed by atoms with Gasteiger partial charge in [-0.1, -0.05) is 97.1 Å². The van der Waals surface area contributed by atoms with Gasteiger partial charge in [-0.05, 0) is 65.8 Å². The fourth-order valence-corrected chi connectivity index (χ4v) is 4.35. The third kappa shape index (κ3) is 10.6. The minimum absolute atomic E-state index is 0.316. The Morgan fingerprint density at radius 3 is 1.83 bits per heavy atom. The van der Waals surface area contributed by atoms with Crippen LogP contribution < -0.4 is 0 Å². The highest BCUT2D eigenvalue weighted by Gasteiger charge is 2.38. The van der Waals surface area contributed by atoms with Crippen LogP contribution in [-0.2, 0) is 24.2 Å². The van der Waals surface area contributed by atoms with Gasteiger partial charge in [-0.15, -0.1) is 0 Å². The predicted octanol–water partition coefficient (Wildman–Crippen LogP) is 7.36. The minimum atomic E-state index is -5.08. The lowest BCUT2D eigenvalue weighted by Gasteiger charge is -2.24. The summed E-state index contributed by atoms with van der Waals surface area (Å²) in [5, 5.41) is 16.6. The Morgan fingerprint density at radius 1 is 0.683 bits per heavy atom. The number of carbonyl (C=O) groups is 2. The van der Waals surface area contributed by atoms with E-state index in [9.17, 15) is 23.1 Å². The Bertz CT molecular complexity index is 1390. The third-order valence-electron chi connectivity index (χ3n) is 6.42. The van der Waals surface area contributed by atoms with Crippen molar-refractivity contribution in [1.82, 2.24) is 4.90 Å². The first-order valence-electron chi connectivity index (χ1n) is 13.2. The van der Waals surface area contributed by atoms with E-state index in [2.05, 4.69) is 83.8 Å². The van der Waals surface area contributed by atoms with Crippen LogP contribution in [-0.4, -0.2) is 46.3 Å². The Balaban J connectivity index is 0.000000587. The van der Waals surface area contributed by atoms with Crippen LogP contribution in [0, 0.1) is 0 Å². The number of aryl methyl sites for hydroxylation is 1. The molecule has 0 aliphatic carbocycles. The smallest absolute Gasteiger partial charge is 0.478 e. The molecule has 0 atom stereocenters. The second-order valence-electron chi connectivity index (χ2n) is 9.45. The van der Waals surface area contributed by atoms with Crippen molar-refractivity contribution in [3.05, 3.63) is 131 Å². The topological polar surface area (TPSA) is 77.8 Å². The first kappa shape index (κ1) is 31.1. The molecule has 0 aliphatic rings. The van der Waals surface area contributed by atoms with E-state index < -0.39 is 18.1 Å². The van der Waals surface area contributed by atoms with Gasteiger partial charge in [-0.25, -0.2) is 9.59 Å². The van der Waals surface area contributed by atoms with Crippen LogP contribution in [0.25, 0.3) is 11.1 Å². The minimum Gasteiger partial charge on any atom is -0.478 e. The molecule has 0 saturated carbocycles. The van der Waals surface area contributed by atoms with E-state index in [0.717, 1.165) is 50.0 Å². The van der Waals surface area contributed by atoms with Crippen LogP contribution >= 0.6 is 0 Å². The molecule has 4 rings (SSSR count). The van der Waals surface area contributed by atoms with Crippen molar-refractivity contribution in [2.45, 2.75) is 32.0 Å². The van der Waals surface area contributed by atoms with Crippen LogP contribution in [0.3, 0.4) is 0 Å². The number of rotatable bonds is 11. The number of hydrogen-bond donors (Lipinski definition) is 2. The number of aliphatic carboxylic acids is 1. The van der Waals surface area contributed by atoms with Gasteiger partial charge in [0, 0.05) is 13.1 Å². The number of aromatic carboxylic acids is 1. The molecule has 0 unspecified atom stereocenters. The zero-order valence-electron chi connectivity index (χ0n) is 22.4. The zero-order valence-corrected chi connectivity index (χ0v) is 22.4. The number of carboxylic acid groups (broad SMARTS) is 2. The lowest BCUT2D eigenvalue weighted by Crippen LogP contribution is -2.27. The van der Waals surface area contributed by atoms with E-state index in [1.807, 2.05) is 18.2 Å². The molecule has 41 heavy (non-hydrogen) atoms. The summed E-state index contributed by atoms with van der Waals surface area (Å²) in [6.45, 7) is 2.81. The quantitative estimate of drug-likeness (QED) is 0.199. The molecule has 214 valence electrons. The maximum Gasteiger partial charge on any atom is 0.490 e. The molecule has 4 aromatic carbocycles. The van der Waals surface area contributed by atoms with Crippen molar-refractivity contribution >= 4 is 11.9 Å². The van der Waals surface area contributed by atoms with Crippen molar-refractivity contribution in [1.29, 1.82) is 0 Å². The third-order valence-corrected chi connectivity index (χ3v) is 6.42. The summed E-state index contributed by atoms with van der Waals surface area (Å²) in [6, 6.07) is 36.9. The highest BCUT2D eigenvalue weighted by atomic mass is 19.4. The first-order chi connectivity index (χ1) is 19.6. The number of alkyl halides is 3. The number of halogens is 3. The maximum atomic E-state index is 11.5. The number of hydrogen-bond acceptors (Lipinski definition) is 3. The normalized spacial score (nSPS) is 11.0. The van der Waals surface area contributed by atoms with Gasteiger partial charge in [-0.2, -0.15) is 13.2 Å². The lowest BCUT2D eigenvalue weighted by molar-refractivity contribution is -0.192. The molecule has 0 aliphatic heterocycles. The SMILES string of the molecule is O=C(O)C(F)(F)F.O=C(O)c1cccc(-c2ccccc2CN(CCCc2ccccc2)CCc2ccccc2)c1. The molecule has 2 N–H and O–H groups in total. The fraction of sp³-hybridized carbons (Fsp3) is 0.212. The highest BCUT2D eigenvalue weighted by molar-refractivity contribution is 5.89. The zero-order chi connectivity index (χ0) is 29.7. The van der Waals surface area contributed by atoms with Gasteiger partial charge in [0.05, 0.1) is 5.56 Å². The Hall–Kier alpha value is -4.43. The molecular weight excluding hydrogens is 531 g/mol. The van der Waals surface area contributed by atoms with Gasteiger partial charge in [-0.3, -0.25) is 4.90 Å².